The Kier molecular flexibility index (Phi) is 6.24. The first-order chi connectivity index (χ1) is 13.5. The molecule has 1 aromatic carbocycles. The quantitative estimate of drug-likeness (QED) is 0.709. The number of ether oxygens (including phenoxy) is 3. The van der Waals surface area contributed by atoms with Crippen LogP contribution in [-0.4, -0.2) is 36.1 Å². The van der Waals surface area contributed by atoms with Crippen LogP contribution >= 0.6 is 22.9 Å². The van der Waals surface area contributed by atoms with E-state index in [0.717, 1.165) is 4.88 Å². The maximum Gasteiger partial charge on any atom is 0.283 e. The van der Waals surface area contributed by atoms with Crippen molar-refractivity contribution in [3.63, 3.8) is 0 Å². The van der Waals surface area contributed by atoms with Crippen LogP contribution in [-0.2, 0) is 21.4 Å². The number of carbonyl (C=O) groups is 1. The Morgan fingerprint density at radius 1 is 1.41 bits per heavy atom. The van der Waals surface area contributed by atoms with Crippen LogP contribution in [0.4, 0.5) is 0 Å². The highest BCUT2D eigenvalue weighted by atomic mass is 35.5. The van der Waals surface area contributed by atoms with Crippen LogP contribution in [0.5, 0.6) is 5.75 Å². The molecule has 3 rings (SSSR count). The number of rotatable bonds is 4. The highest BCUT2D eigenvalue weighted by Crippen LogP contribution is 2.27. The topological polar surface area (TPSA) is 62.0 Å². The number of methoxy groups -OCH3 is 1. The Hall–Kier alpha value is -1.67. The lowest BCUT2D eigenvalue weighted by Gasteiger charge is -2.17. The smallest absolute Gasteiger partial charge is 0.283 e. The second-order valence-corrected chi connectivity index (χ2v) is 9.94. The molecule has 0 N–H and O–H groups in total. The van der Waals surface area contributed by atoms with Gasteiger partial charge in [-0.15, -0.1) is 11.3 Å². The molecule has 29 heavy (non-hydrogen) atoms. The van der Waals surface area contributed by atoms with Gasteiger partial charge < -0.3 is 18.8 Å². The van der Waals surface area contributed by atoms with Crippen LogP contribution in [0.3, 0.4) is 0 Å². The molecule has 6 nitrogen and oxygen atoms in total. The molecule has 1 amide bonds. The van der Waals surface area contributed by atoms with Crippen molar-refractivity contribution in [3.8, 4) is 5.75 Å². The SMILES string of the molecule is COc1ccc(Cl)cc1C(=O)N=c1sc(C(C)(C)C)cn1C[C@@H]1COC(C)(C)O1. The number of amides is 1. The second kappa shape index (κ2) is 8.22. The summed E-state index contributed by atoms with van der Waals surface area (Å²) < 4.78 is 18.9. The number of benzene rings is 1. The zero-order valence-electron chi connectivity index (χ0n) is 17.6. The van der Waals surface area contributed by atoms with E-state index in [4.69, 9.17) is 25.8 Å². The lowest BCUT2D eigenvalue weighted by Crippen LogP contribution is -2.27. The van der Waals surface area contributed by atoms with Gasteiger partial charge in [0.05, 0.1) is 25.8 Å². The average Bonchev–Trinajstić information content (AvgIpc) is 3.17. The molecule has 0 bridgehead atoms. The Balaban J connectivity index is 2.00. The molecule has 1 aliphatic rings. The molecular formula is C21H27ClN2O4S. The minimum absolute atomic E-state index is 0.0662. The van der Waals surface area contributed by atoms with Crippen LogP contribution in [0.25, 0.3) is 0 Å². The molecule has 2 aromatic rings. The predicted molar refractivity (Wildman–Crippen MR) is 114 cm³/mol. The van der Waals surface area contributed by atoms with Gasteiger partial charge in [0.15, 0.2) is 10.6 Å². The number of nitrogens with zero attached hydrogens (tertiary/aromatic N) is 2. The van der Waals surface area contributed by atoms with Crippen LogP contribution in [0.2, 0.25) is 5.02 Å². The van der Waals surface area contributed by atoms with Gasteiger partial charge in [-0.1, -0.05) is 32.4 Å². The van der Waals surface area contributed by atoms with Crippen molar-refractivity contribution < 1.29 is 19.0 Å². The molecule has 1 aromatic heterocycles. The fourth-order valence-electron chi connectivity index (χ4n) is 3.01. The first-order valence-corrected chi connectivity index (χ1v) is 10.6. The number of aromatic nitrogens is 1. The fraction of sp³-hybridized carbons (Fsp3) is 0.524. The van der Waals surface area contributed by atoms with Gasteiger partial charge in [0.25, 0.3) is 5.91 Å². The van der Waals surface area contributed by atoms with Crippen molar-refractivity contribution in [1.29, 1.82) is 0 Å². The molecule has 1 aliphatic heterocycles. The summed E-state index contributed by atoms with van der Waals surface area (Å²) in [7, 11) is 1.52. The Labute approximate surface area is 180 Å². The van der Waals surface area contributed by atoms with Crippen LogP contribution in [0, 0.1) is 0 Å². The Morgan fingerprint density at radius 3 is 2.72 bits per heavy atom. The highest BCUT2D eigenvalue weighted by Gasteiger charge is 2.33. The van der Waals surface area contributed by atoms with Crippen LogP contribution in [0.15, 0.2) is 29.4 Å². The van der Waals surface area contributed by atoms with Crippen molar-refractivity contribution in [3.05, 3.63) is 44.7 Å². The number of thiazole rings is 1. The monoisotopic (exact) mass is 438 g/mol. The molecule has 8 heteroatoms. The van der Waals surface area contributed by atoms with Crippen molar-refractivity contribution >= 4 is 28.8 Å². The van der Waals surface area contributed by atoms with E-state index in [1.165, 1.54) is 18.4 Å². The first kappa shape index (κ1) is 22.0. The number of halogens is 1. The van der Waals surface area contributed by atoms with E-state index in [0.29, 0.717) is 34.3 Å². The van der Waals surface area contributed by atoms with Crippen molar-refractivity contribution in [2.75, 3.05) is 13.7 Å². The van der Waals surface area contributed by atoms with Gasteiger partial charge in [0, 0.05) is 16.1 Å². The van der Waals surface area contributed by atoms with E-state index < -0.39 is 11.7 Å². The van der Waals surface area contributed by atoms with Gasteiger partial charge in [0.2, 0.25) is 0 Å². The van der Waals surface area contributed by atoms with Gasteiger partial charge in [-0.25, -0.2) is 0 Å². The normalized spacial score (nSPS) is 19.6. The maximum atomic E-state index is 12.9. The zero-order chi connectivity index (χ0) is 21.4. The molecule has 1 saturated heterocycles. The molecular weight excluding hydrogens is 412 g/mol. The van der Waals surface area contributed by atoms with Gasteiger partial charge >= 0.3 is 0 Å². The second-order valence-electron chi connectivity index (χ2n) is 8.49. The molecule has 0 radical (unpaired) electrons. The summed E-state index contributed by atoms with van der Waals surface area (Å²) in [6.45, 7) is 11.2. The van der Waals surface area contributed by atoms with E-state index in [1.807, 2.05) is 24.6 Å². The number of hydrogen-bond donors (Lipinski definition) is 0. The third-order valence-electron chi connectivity index (χ3n) is 4.52. The maximum absolute atomic E-state index is 12.9. The Morgan fingerprint density at radius 2 is 2.14 bits per heavy atom. The van der Waals surface area contributed by atoms with E-state index in [1.54, 1.807) is 18.2 Å². The van der Waals surface area contributed by atoms with Crippen molar-refractivity contribution in [2.45, 2.75) is 58.5 Å². The molecule has 158 valence electrons. The average molecular weight is 439 g/mol. The molecule has 1 atom stereocenters. The Bertz CT molecular complexity index is 972. The largest absolute Gasteiger partial charge is 0.496 e. The van der Waals surface area contributed by atoms with E-state index >= 15 is 0 Å². The van der Waals surface area contributed by atoms with Crippen molar-refractivity contribution in [1.82, 2.24) is 4.57 Å². The molecule has 0 aliphatic carbocycles. The highest BCUT2D eigenvalue weighted by molar-refractivity contribution is 7.09. The molecule has 2 heterocycles. The minimum Gasteiger partial charge on any atom is -0.496 e. The molecule has 1 fully saturated rings. The first-order valence-electron chi connectivity index (χ1n) is 9.43. The summed E-state index contributed by atoms with van der Waals surface area (Å²) >= 11 is 7.57. The van der Waals surface area contributed by atoms with Gasteiger partial charge in [0.1, 0.15) is 11.9 Å². The third kappa shape index (κ3) is 5.28. The lowest BCUT2D eigenvalue weighted by atomic mass is 9.95. The van der Waals surface area contributed by atoms with E-state index in [9.17, 15) is 4.79 Å². The van der Waals surface area contributed by atoms with E-state index in [-0.39, 0.29) is 11.5 Å². The van der Waals surface area contributed by atoms with Gasteiger partial charge in [-0.2, -0.15) is 4.99 Å². The lowest BCUT2D eigenvalue weighted by molar-refractivity contribution is -0.139. The number of carbonyl (C=O) groups excluding carboxylic acids is 1. The fourth-order valence-corrected chi connectivity index (χ4v) is 4.24. The molecule has 0 spiro atoms. The minimum atomic E-state index is -0.602. The summed E-state index contributed by atoms with van der Waals surface area (Å²) in [5.41, 5.74) is 0.266. The van der Waals surface area contributed by atoms with E-state index in [2.05, 4.69) is 25.8 Å². The molecule has 0 unspecified atom stereocenters. The zero-order valence-corrected chi connectivity index (χ0v) is 19.2. The summed E-state index contributed by atoms with van der Waals surface area (Å²) in [5, 5.41) is 0.456. The predicted octanol–water partition coefficient (Wildman–Crippen LogP) is 4.40. The van der Waals surface area contributed by atoms with Gasteiger partial charge in [-0.3, -0.25) is 4.79 Å². The standard InChI is InChI=1S/C21H27ClN2O4S/c1-20(2,3)17-11-24(10-14-12-27-21(4,5)28-14)19(29-17)23-18(25)15-9-13(22)7-8-16(15)26-6/h7-9,11,14H,10,12H2,1-6H3/t14-/m1/s1. The summed E-state index contributed by atoms with van der Waals surface area (Å²) in [5.74, 6) is -0.559. The van der Waals surface area contributed by atoms with Crippen LogP contribution < -0.4 is 9.54 Å². The van der Waals surface area contributed by atoms with Crippen molar-refractivity contribution in [2.24, 2.45) is 4.99 Å². The summed E-state index contributed by atoms with van der Waals surface area (Å²) in [6.07, 6.45) is 1.93. The number of hydrogen-bond acceptors (Lipinski definition) is 5. The van der Waals surface area contributed by atoms with Gasteiger partial charge in [-0.05, 0) is 37.5 Å². The summed E-state index contributed by atoms with van der Waals surface area (Å²) in [6, 6.07) is 4.92. The molecule has 0 saturated carbocycles. The van der Waals surface area contributed by atoms with Crippen LogP contribution in [0.1, 0.15) is 49.9 Å². The third-order valence-corrected chi connectivity index (χ3v) is 6.20. The summed E-state index contributed by atoms with van der Waals surface area (Å²) in [4.78, 5) is 19.1.